The molecule has 0 amide bonds. The molecule has 1 N–H and O–H groups in total. The van der Waals surface area contributed by atoms with Gasteiger partial charge < -0.3 is 10.0 Å². The summed E-state index contributed by atoms with van der Waals surface area (Å²) in [4.78, 5) is 13.0. The van der Waals surface area contributed by atoms with E-state index in [1.807, 2.05) is 0 Å². The van der Waals surface area contributed by atoms with E-state index >= 15 is 0 Å². The van der Waals surface area contributed by atoms with Crippen molar-refractivity contribution in [2.45, 2.75) is 4.90 Å². The van der Waals surface area contributed by atoms with Gasteiger partial charge in [-0.2, -0.15) is 0 Å². The van der Waals surface area contributed by atoms with Crippen LogP contribution in [0.4, 0.5) is 0 Å². The molecule has 0 fully saturated rings. The first-order chi connectivity index (χ1) is 8.32. The number of likely N-dealkylation sites (N-methyl/N-ethyl adjacent to an activating group) is 1. The summed E-state index contributed by atoms with van der Waals surface area (Å²) in [5.41, 5.74) is 0.536. The van der Waals surface area contributed by atoms with Gasteiger partial charge in [-0.3, -0.25) is 0 Å². The largest absolute Gasteiger partial charge is 0.478 e. The second kappa shape index (κ2) is 4.22. The summed E-state index contributed by atoms with van der Waals surface area (Å²) in [7, 11) is 0.0182. The minimum atomic E-state index is -3.54. The molecule has 96 valence electrons. The second-order valence-corrected chi connectivity index (χ2v) is 6.38. The Balaban J connectivity index is 2.52. The third-order valence-electron chi connectivity index (χ3n) is 2.68. The van der Waals surface area contributed by atoms with Gasteiger partial charge in [0.1, 0.15) is 0 Å². The number of hydrogen-bond acceptors (Lipinski definition) is 4. The van der Waals surface area contributed by atoms with Crippen LogP contribution in [0.5, 0.6) is 0 Å². The van der Waals surface area contributed by atoms with Crippen molar-refractivity contribution in [1.82, 2.24) is 4.90 Å². The average Bonchev–Trinajstić information content (AvgIpc) is 2.50. The van der Waals surface area contributed by atoms with Gasteiger partial charge >= 0.3 is 5.97 Å². The summed E-state index contributed by atoms with van der Waals surface area (Å²) in [5.74, 6) is -1.13. The Kier molecular flexibility index (Phi) is 3.00. The van der Waals surface area contributed by atoms with E-state index in [1.54, 1.807) is 25.1 Å². The molecule has 5 nitrogen and oxygen atoms in total. The predicted octanol–water partition coefficient (Wildman–Crippen LogP) is 1.07. The summed E-state index contributed by atoms with van der Waals surface area (Å²) in [6.45, 7) is 0.305. The zero-order valence-electron chi connectivity index (χ0n) is 10.0. The molecule has 0 unspecified atom stereocenters. The Hall–Kier alpha value is -1.66. The fourth-order valence-corrected chi connectivity index (χ4v) is 3.57. The number of sulfone groups is 1. The number of aromatic carboxylic acids is 1. The topological polar surface area (TPSA) is 74.7 Å². The lowest BCUT2D eigenvalue weighted by Crippen LogP contribution is -2.18. The van der Waals surface area contributed by atoms with Crippen LogP contribution in [0.1, 0.15) is 15.9 Å². The maximum atomic E-state index is 12.2. The van der Waals surface area contributed by atoms with Gasteiger partial charge in [0.2, 0.25) is 9.84 Å². The molecule has 0 aliphatic carbocycles. The highest BCUT2D eigenvalue weighted by Gasteiger charge is 2.30. The van der Waals surface area contributed by atoms with Crippen molar-refractivity contribution in [2.24, 2.45) is 0 Å². The van der Waals surface area contributed by atoms with Gasteiger partial charge in [-0.1, -0.05) is 6.07 Å². The number of hydrogen-bond donors (Lipinski definition) is 1. The Morgan fingerprint density at radius 3 is 2.56 bits per heavy atom. The summed E-state index contributed by atoms with van der Waals surface area (Å²) in [6.07, 6.45) is 1.59. The van der Waals surface area contributed by atoms with E-state index in [4.69, 9.17) is 5.11 Å². The molecule has 1 aromatic carbocycles. The van der Waals surface area contributed by atoms with Gasteiger partial charge in [0, 0.05) is 6.54 Å². The molecule has 2 rings (SSSR count). The maximum Gasteiger partial charge on any atom is 0.335 e. The zero-order valence-corrected chi connectivity index (χ0v) is 10.9. The Morgan fingerprint density at radius 1 is 1.33 bits per heavy atom. The van der Waals surface area contributed by atoms with E-state index in [2.05, 4.69) is 0 Å². The smallest absolute Gasteiger partial charge is 0.335 e. The number of benzene rings is 1. The van der Waals surface area contributed by atoms with Crippen LogP contribution >= 0.6 is 0 Å². The summed E-state index contributed by atoms with van der Waals surface area (Å²) in [5, 5.41) is 8.88. The number of carbonyl (C=O) groups is 1. The molecule has 1 aromatic rings. The van der Waals surface area contributed by atoms with Crippen molar-refractivity contribution in [1.29, 1.82) is 0 Å². The summed E-state index contributed by atoms with van der Waals surface area (Å²) < 4.78 is 24.4. The molecule has 1 aliphatic heterocycles. The molecular formula is C12H13NO4S. The zero-order chi connectivity index (χ0) is 13.5. The van der Waals surface area contributed by atoms with Crippen molar-refractivity contribution in [3.63, 3.8) is 0 Å². The van der Waals surface area contributed by atoms with Crippen molar-refractivity contribution in [3.05, 3.63) is 34.2 Å². The van der Waals surface area contributed by atoms with Crippen LogP contribution in [-0.2, 0) is 9.84 Å². The van der Waals surface area contributed by atoms with Crippen LogP contribution in [0.25, 0.3) is 6.08 Å². The van der Waals surface area contributed by atoms with Crippen LogP contribution in [0.15, 0.2) is 28.0 Å². The van der Waals surface area contributed by atoms with Crippen LogP contribution < -0.4 is 0 Å². The normalized spacial score (nSPS) is 16.5. The first-order valence-electron chi connectivity index (χ1n) is 5.30. The van der Waals surface area contributed by atoms with Crippen LogP contribution in [0, 0.1) is 0 Å². The monoisotopic (exact) mass is 267 g/mol. The maximum absolute atomic E-state index is 12.2. The predicted molar refractivity (Wildman–Crippen MR) is 67.1 cm³/mol. The van der Waals surface area contributed by atoms with Gasteiger partial charge in [-0.25, -0.2) is 13.2 Å². The van der Waals surface area contributed by atoms with E-state index in [0.29, 0.717) is 17.0 Å². The average molecular weight is 267 g/mol. The molecule has 0 spiro atoms. The number of rotatable bonds is 3. The van der Waals surface area contributed by atoms with Gasteiger partial charge in [-0.15, -0.1) is 0 Å². The molecule has 18 heavy (non-hydrogen) atoms. The third kappa shape index (κ3) is 2.04. The fourth-order valence-electron chi connectivity index (χ4n) is 1.85. The van der Waals surface area contributed by atoms with Crippen molar-refractivity contribution in [2.75, 3.05) is 20.6 Å². The van der Waals surface area contributed by atoms with Crippen LogP contribution in [0.3, 0.4) is 0 Å². The van der Waals surface area contributed by atoms with E-state index in [0.717, 1.165) is 0 Å². The second-order valence-electron chi connectivity index (χ2n) is 4.41. The Bertz CT molecular complexity index is 644. The minimum absolute atomic E-state index is 0.0168. The van der Waals surface area contributed by atoms with Crippen molar-refractivity contribution < 1.29 is 18.3 Å². The fraction of sp³-hybridized carbons (Fsp3) is 0.250. The van der Waals surface area contributed by atoms with E-state index in [9.17, 15) is 13.2 Å². The number of fused-ring (bicyclic) bond motifs is 1. The van der Waals surface area contributed by atoms with Gasteiger partial charge in [0.05, 0.1) is 15.4 Å². The minimum Gasteiger partial charge on any atom is -0.478 e. The lowest BCUT2D eigenvalue weighted by atomic mass is 10.1. The lowest BCUT2D eigenvalue weighted by Gasteiger charge is -2.10. The quantitative estimate of drug-likeness (QED) is 0.886. The Labute approximate surface area is 105 Å². The first kappa shape index (κ1) is 12.8. The molecular weight excluding hydrogens is 254 g/mol. The molecule has 0 saturated heterocycles. The molecule has 0 radical (unpaired) electrons. The molecule has 6 heteroatoms. The molecule has 0 saturated carbocycles. The SMILES string of the molecule is CN(C)CC1=Cc2ccc(C(=O)O)cc2S1(=O)=O. The van der Waals surface area contributed by atoms with Gasteiger partial charge in [0.25, 0.3) is 0 Å². The highest BCUT2D eigenvalue weighted by atomic mass is 32.2. The standard InChI is InChI=1S/C12H13NO4S/c1-13(2)7-10-5-8-3-4-9(12(14)15)6-11(8)18(10,16)17/h3-6H,7H2,1-2H3,(H,14,15). The molecule has 0 aromatic heterocycles. The van der Waals surface area contributed by atoms with Gasteiger partial charge in [-0.05, 0) is 37.9 Å². The van der Waals surface area contributed by atoms with Crippen molar-refractivity contribution in [3.8, 4) is 0 Å². The third-order valence-corrected chi connectivity index (χ3v) is 4.55. The van der Waals surface area contributed by atoms with E-state index in [-0.39, 0.29) is 10.5 Å². The number of nitrogens with zero attached hydrogens (tertiary/aromatic N) is 1. The molecule has 0 atom stereocenters. The summed E-state index contributed by atoms with van der Waals surface area (Å²) in [6, 6.07) is 4.15. The molecule has 1 heterocycles. The Morgan fingerprint density at radius 2 is 2.00 bits per heavy atom. The van der Waals surface area contributed by atoms with Gasteiger partial charge in [0.15, 0.2) is 0 Å². The highest BCUT2D eigenvalue weighted by molar-refractivity contribution is 7.95. The van der Waals surface area contributed by atoms with Crippen LogP contribution in [-0.4, -0.2) is 45.0 Å². The number of carboxylic acid groups (broad SMARTS) is 1. The molecule has 0 bridgehead atoms. The number of carboxylic acids is 1. The van der Waals surface area contributed by atoms with E-state index in [1.165, 1.54) is 18.2 Å². The molecule has 1 aliphatic rings. The lowest BCUT2D eigenvalue weighted by molar-refractivity contribution is 0.0696. The highest BCUT2D eigenvalue weighted by Crippen LogP contribution is 2.33. The first-order valence-corrected chi connectivity index (χ1v) is 6.78. The van der Waals surface area contributed by atoms with Crippen molar-refractivity contribution >= 4 is 21.9 Å². The van der Waals surface area contributed by atoms with E-state index < -0.39 is 15.8 Å². The van der Waals surface area contributed by atoms with Crippen LogP contribution in [0.2, 0.25) is 0 Å². The summed E-state index contributed by atoms with van der Waals surface area (Å²) >= 11 is 0.